The molecule has 3 aromatic rings. The third-order valence-electron chi connectivity index (χ3n) is 4.92. The second-order valence-electron chi connectivity index (χ2n) is 7.01. The molecule has 11 heteroatoms. The lowest BCUT2D eigenvalue weighted by molar-refractivity contribution is -0.137. The van der Waals surface area contributed by atoms with Gasteiger partial charge in [0.2, 0.25) is 5.91 Å². The second-order valence-corrected chi connectivity index (χ2v) is 9.40. The molecule has 4 rings (SSSR count). The molecule has 1 aliphatic rings. The molecule has 0 aliphatic carbocycles. The van der Waals surface area contributed by atoms with Gasteiger partial charge in [-0.2, -0.15) is 13.2 Å². The average molecular weight is 499 g/mol. The molecule has 1 aliphatic heterocycles. The molecule has 5 nitrogen and oxygen atoms in total. The zero-order valence-electron chi connectivity index (χ0n) is 16.9. The molecule has 0 unspecified atom stereocenters. The fraction of sp³-hybridized carbons (Fsp3) is 0.286. The number of anilines is 1. The standard InChI is InChI=1S/C21H18ClF3N4OS2/c1-2-28-18(26-27-20(28)32-11-13-3-6-15(22)7-4-13)10-29-16-9-14(21(23,24)25)5-8-17(16)31-12-19(29)30/h3-9H,2,10-12H2,1H3. The number of nitrogens with zero attached hydrogens (tertiary/aromatic N) is 4. The van der Waals surface area contributed by atoms with E-state index in [-0.39, 0.29) is 23.9 Å². The summed E-state index contributed by atoms with van der Waals surface area (Å²) in [5, 5.41) is 9.83. The number of fused-ring (bicyclic) bond motifs is 1. The first-order valence-corrected chi connectivity index (χ1v) is 12.0. The Labute approximate surface area is 196 Å². The summed E-state index contributed by atoms with van der Waals surface area (Å²) in [7, 11) is 0. The van der Waals surface area contributed by atoms with Gasteiger partial charge in [-0.1, -0.05) is 35.5 Å². The van der Waals surface area contributed by atoms with Crippen molar-refractivity contribution in [3.05, 3.63) is 64.4 Å². The molecule has 0 radical (unpaired) electrons. The van der Waals surface area contributed by atoms with Crippen molar-refractivity contribution in [3.63, 3.8) is 0 Å². The minimum atomic E-state index is -4.49. The summed E-state index contributed by atoms with van der Waals surface area (Å²) < 4.78 is 41.6. The summed E-state index contributed by atoms with van der Waals surface area (Å²) in [6.45, 7) is 2.55. The summed E-state index contributed by atoms with van der Waals surface area (Å²) in [6.07, 6.45) is -4.49. The number of carbonyl (C=O) groups is 1. The van der Waals surface area contributed by atoms with Gasteiger partial charge in [0, 0.05) is 22.2 Å². The van der Waals surface area contributed by atoms with Crippen molar-refractivity contribution in [2.75, 3.05) is 10.7 Å². The van der Waals surface area contributed by atoms with E-state index in [4.69, 9.17) is 11.6 Å². The fourth-order valence-corrected chi connectivity index (χ4v) is 5.30. The van der Waals surface area contributed by atoms with Crippen molar-refractivity contribution in [3.8, 4) is 0 Å². The molecule has 0 saturated carbocycles. The van der Waals surface area contributed by atoms with Crippen molar-refractivity contribution in [2.24, 2.45) is 0 Å². The Balaban J connectivity index is 1.58. The molecule has 0 bridgehead atoms. The number of carbonyl (C=O) groups excluding carboxylic acids is 1. The number of hydrogen-bond donors (Lipinski definition) is 0. The maximum atomic E-state index is 13.2. The quantitative estimate of drug-likeness (QED) is 0.396. The van der Waals surface area contributed by atoms with Crippen molar-refractivity contribution in [1.82, 2.24) is 14.8 Å². The third kappa shape index (κ3) is 4.92. The van der Waals surface area contributed by atoms with Gasteiger partial charge in [-0.25, -0.2) is 0 Å². The van der Waals surface area contributed by atoms with Crippen LogP contribution in [0.5, 0.6) is 0 Å². The molecule has 32 heavy (non-hydrogen) atoms. The Morgan fingerprint density at radius 2 is 1.91 bits per heavy atom. The van der Waals surface area contributed by atoms with Crippen LogP contribution < -0.4 is 4.90 Å². The van der Waals surface area contributed by atoms with Gasteiger partial charge in [-0.05, 0) is 42.8 Å². The van der Waals surface area contributed by atoms with Crippen molar-refractivity contribution in [1.29, 1.82) is 0 Å². The first-order valence-electron chi connectivity index (χ1n) is 9.70. The van der Waals surface area contributed by atoms with Crippen molar-refractivity contribution >= 4 is 46.7 Å². The van der Waals surface area contributed by atoms with E-state index in [1.807, 2.05) is 35.8 Å². The number of amides is 1. The highest BCUT2D eigenvalue weighted by molar-refractivity contribution is 8.00. The zero-order valence-corrected chi connectivity index (χ0v) is 19.3. The van der Waals surface area contributed by atoms with Gasteiger partial charge in [0.15, 0.2) is 11.0 Å². The number of halogens is 4. The highest BCUT2D eigenvalue weighted by atomic mass is 35.5. The molecular formula is C21H18ClF3N4OS2. The number of alkyl halides is 3. The van der Waals surface area contributed by atoms with E-state index in [0.29, 0.717) is 33.2 Å². The maximum absolute atomic E-state index is 13.2. The molecule has 0 N–H and O–H groups in total. The monoisotopic (exact) mass is 498 g/mol. The van der Waals surface area contributed by atoms with Gasteiger partial charge < -0.3 is 9.47 Å². The molecule has 0 atom stereocenters. The fourth-order valence-electron chi connectivity index (χ4n) is 3.28. The number of thioether (sulfide) groups is 2. The van der Waals surface area contributed by atoms with Crippen LogP contribution in [0.25, 0.3) is 0 Å². The molecule has 168 valence electrons. The van der Waals surface area contributed by atoms with Crippen LogP contribution in [0, 0.1) is 0 Å². The zero-order chi connectivity index (χ0) is 22.9. The number of aromatic nitrogens is 3. The SMILES string of the molecule is CCn1c(CN2C(=O)CSc3ccc(C(F)(F)F)cc32)nnc1SCc1ccc(Cl)cc1. The summed E-state index contributed by atoms with van der Waals surface area (Å²) in [5.41, 5.74) is 0.540. The minimum Gasteiger partial charge on any atom is -0.305 e. The van der Waals surface area contributed by atoms with E-state index < -0.39 is 11.7 Å². The lowest BCUT2D eigenvalue weighted by Crippen LogP contribution is -2.36. The Morgan fingerprint density at radius 3 is 2.59 bits per heavy atom. The summed E-state index contributed by atoms with van der Waals surface area (Å²) in [4.78, 5) is 14.6. The normalized spacial score (nSPS) is 14.0. The molecule has 1 amide bonds. The lowest BCUT2D eigenvalue weighted by Gasteiger charge is -2.29. The number of rotatable bonds is 6. The van der Waals surface area contributed by atoms with Gasteiger partial charge >= 0.3 is 6.18 Å². The largest absolute Gasteiger partial charge is 0.416 e. The van der Waals surface area contributed by atoms with Crippen LogP contribution >= 0.6 is 35.1 Å². The van der Waals surface area contributed by atoms with E-state index in [2.05, 4.69) is 10.2 Å². The molecular weight excluding hydrogens is 481 g/mol. The van der Waals surface area contributed by atoms with Gasteiger partial charge in [0.1, 0.15) is 0 Å². The van der Waals surface area contributed by atoms with Gasteiger partial charge in [-0.15, -0.1) is 22.0 Å². The molecule has 1 aromatic heterocycles. The highest BCUT2D eigenvalue weighted by Gasteiger charge is 2.34. The molecule has 0 saturated heterocycles. The summed E-state index contributed by atoms with van der Waals surface area (Å²) in [6, 6.07) is 11.0. The predicted molar refractivity (Wildman–Crippen MR) is 120 cm³/mol. The van der Waals surface area contributed by atoms with E-state index in [9.17, 15) is 18.0 Å². The van der Waals surface area contributed by atoms with E-state index in [0.717, 1.165) is 17.7 Å². The highest BCUT2D eigenvalue weighted by Crippen LogP contribution is 2.40. The van der Waals surface area contributed by atoms with Gasteiger partial charge in [0.05, 0.1) is 23.5 Å². The molecule has 0 fully saturated rings. The Bertz CT molecular complexity index is 1140. The molecule has 2 heterocycles. The van der Waals surface area contributed by atoms with Crippen LogP contribution in [-0.4, -0.2) is 26.4 Å². The second kappa shape index (κ2) is 9.36. The van der Waals surface area contributed by atoms with E-state index in [1.165, 1.54) is 34.5 Å². The van der Waals surface area contributed by atoms with Crippen molar-refractivity contribution in [2.45, 2.75) is 42.0 Å². The maximum Gasteiger partial charge on any atom is 0.416 e. The van der Waals surface area contributed by atoms with Crippen LogP contribution in [0.15, 0.2) is 52.5 Å². The topological polar surface area (TPSA) is 51.0 Å². The van der Waals surface area contributed by atoms with E-state index >= 15 is 0 Å². The number of hydrogen-bond acceptors (Lipinski definition) is 5. The van der Waals surface area contributed by atoms with Gasteiger partial charge in [-0.3, -0.25) is 4.79 Å². The minimum absolute atomic E-state index is 0.0516. The number of benzene rings is 2. The smallest absolute Gasteiger partial charge is 0.305 e. The van der Waals surface area contributed by atoms with Crippen LogP contribution in [0.2, 0.25) is 5.02 Å². The Hall–Kier alpha value is -2.17. The van der Waals surface area contributed by atoms with Crippen LogP contribution in [-0.2, 0) is 29.8 Å². The first kappa shape index (κ1) is 23.0. The van der Waals surface area contributed by atoms with Crippen molar-refractivity contribution < 1.29 is 18.0 Å². The van der Waals surface area contributed by atoms with E-state index in [1.54, 1.807) is 0 Å². The summed E-state index contributed by atoms with van der Waals surface area (Å²) in [5.74, 6) is 1.08. The predicted octanol–water partition coefficient (Wildman–Crippen LogP) is 5.90. The Kier molecular flexibility index (Phi) is 6.73. The van der Waals surface area contributed by atoms with Crippen LogP contribution in [0.3, 0.4) is 0 Å². The van der Waals surface area contributed by atoms with Crippen LogP contribution in [0.1, 0.15) is 23.9 Å². The molecule has 0 spiro atoms. The summed E-state index contributed by atoms with van der Waals surface area (Å²) >= 11 is 8.66. The average Bonchev–Trinajstić information content (AvgIpc) is 3.16. The van der Waals surface area contributed by atoms with Gasteiger partial charge in [0.25, 0.3) is 0 Å². The van der Waals surface area contributed by atoms with Crippen LogP contribution in [0.4, 0.5) is 18.9 Å². The third-order valence-corrected chi connectivity index (χ3v) is 7.26. The lowest BCUT2D eigenvalue weighted by atomic mass is 10.1. The Morgan fingerprint density at radius 1 is 1.16 bits per heavy atom. The first-order chi connectivity index (χ1) is 15.3. The molecule has 2 aromatic carbocycles.